The maximum Gasteiger partial charge on any atom is 0.122 e. The van der Waals surface area contributed by atoms with E-state index >= 15 is 0 Å². The maximum atomic E-state index is 10.6. The van der Waals surface area contributed by atoms with Crippen LogP contribution in [0.15, 0.2) is 61.2 Å². The number of para-hydroxylation sites is 3. The molecule has 150 valence electrons. The van der Waals surface area contributed by atoms with E-state index in [2.05, 4.69) is 31.1 Å². The molecule has 3 aromatic rings. The molecule has 5 heteroatoms. The van der Waals surface area contributed by atoms with E-state index in [0.717, 1.165) is 41.0 Å². The van der Waals surface area contributed by atoms with Gasteiger partial charge in [0, 0.05) is 5.92 Å². The van der Waals surface area contributed by atoms with Gasteiger partial charge in [-0.15, -0.1) is 19.0 Å². The Hall–Kier alpha value is -2.30. The molecular formula is C23H29ClN2O2. The molecule has 0 saturated heterocycles. The molecule has 0 fully saturated rings. The van der Waals surface area contributed by atoms with Gasteiger partial charge in [0.05, 0.1) is 17.6 Å². The summed E-state index contributed by atoms with van der Waals surface area (Å²) in [4.78, 5) is 4.79. The van der Waals surface area contributed by atoms with Crippen LogP contribution in [-0.2, 0) is 13.0 Å². The molecule has 0 spiro atoms. The minimum atomic E-state index is -0.623. The van der Waals surface area contributed by atoms with Crippen LogP contribution in [0.1, 0.15) is 37.6 Å². The lowest BCUT2D eigenvalue weighted by Crippen LogP contribution is -2.25. The van der Waals surface area contributed by atoms with Crippen molar-refractivity contribution < 1.29 is 9.84 Å². The van der Waals surface area contributed by atoms with Crippen LogP contribution in [0.4, 0.5) is 0 Å². The number of ether oxygens (including phenoxy) is 1. The van der Waals surface area contributed by atoms with Crippen molar-refractivity contribution in [2.24, 2.45) is 0 Å². The van der Waals surface area contributed by atoms with E-state index in [4.69, 9.17) is 9.72 Å². The van der Waals surface area contributed by atoms with Crippen molar-refractivity contribution in [1.29, 1.82) is 0 Å². The quantitative estimate of drug-likeness (QED) is 0.506. The van der Waals surface area contributed by atoms with E-state index in [1.165, 1.54) is 0 Å². The van der Waals surface area contributed by atoms with Crippen molar-refractivity contribution in [3.63, 3.8) is 0 Å². The van der Waals surface area contributed by atoms with Gasteiger partial charge >= 0.3 is 0 Å². The Morgan fingerprint density at radius 3 is 2.64 bits per heavy atom. The number of imidazole rings is 1. The smallest absolute Gasteiger partial charge is 0.122 e. The minimum Gasteiger partial charge on any atom is -0.491 e. The monoisotopic (exact) mass is 400 g/mol. The standard InChI is InChI=1S/C23H28N2O2.ClH/c1-4-10-18-11-6-9-14-22(18)27-16-19(26)15-25-21-13-8-7-12-20(21)24-23(25)17(3)5-2;/h4,6-9,11-14,17,19,26H,1,5,10,15-16H2,2-3H3;1H. The molecule has 2 atom stereocenters. The molecular weight excluding hydrogens is 372 g/mol. The van der Waals surface area contributed by atoms with E-state index < -0.39 is 6.10 Å². The number of rotatable bonds is 9. The molecule has 0 saturated carbocycles. The van der Waals surface area contributed by atoms with Gasteiger partial charge in [0.2, 0.25) is 0 Å². The molecule has 0 aliphatic carbocycles. The lowest BCUT2D eigenvalue weighted by atomic mass is 10.1. The van der Waals surface area contributed by atoms with Gasteiger partial charge in [0.25, 0.3) is 0 Å². The number of hydrogen-bond acceptors (Lipinski definition) is 3. The summed E-state index contributed by atoms with van der Waals surface area (Å²) >= 11 is 0. The molecule has 0 aliphatic heterocycles. The van der Waals surface area contributed by atoms with Crippen LogP contribution < -0.4 is 4.74 Å². The highest BCUT2D eigenvalue weighted by Gasteiger charge is 2.18. The summed E-state index contributed by atoms with van der Waals surface area (Å²) < 4.78 is 8.04. The van der Waals surface area contributed by atoms with Crippen LogP contribution in [0.25, 0.3) is 11.0 Å². The number of aliphatic hydroxyl groups excluding tert-OH is 1. The first-order chi connectivity index (χ1) is 13.1. The Kier molecular flexibility index (Phi) is 8.09. The zero-order valence-electron chi connectivity index (χ0n) is 16.5. The molecule has 1 aromatic heterocycles. The Labute approximate surface area is 173 Å². The number of fused-ring (bicyclic) bond motifs is 1. The van der Waals surface area contributed by atoms with E-state index in [0.29, 0.717) is 12.5 Å². The highest BCUT2D eigenvalue weighted by molar-refractivity contribution is 5.85. The van der Waals surface area contributed by atoms with Crippen LogP contribution in [0.5, 0.6) is 5.75 Å². The number of benzene rings is 2. The first-order valence-electron chi connectivity index (χ1n) is 9.58. The third-order valence-corrected chi connectivity index (χ3v) is 4.90. The van der Waals surface area contributed by atoms with Gasteiger partial charge in [0.15, 0.2) is 0 Å². The van der Waals surface area contributed by atoms with Crippen molar-refractivity contribution in [3.05, 3.63) is 72.6 Å². The minimum absolute atomic E-state index is 0. The molecule has 1 heterocycles. The summed E-state index contributed by atoms with van der Waals surface area (Å²) in [5.74, 6) is 2.15. The number of nitrogens with zero attached hydrogens (tertiary/aromatic N) is 2. The number of aliphatic hydroxyl groups is 1. The molecule has 0 amide bonds. The normalized spacial score (nSPS) is 13.0. The second-order valence-electron chi connectivity index (χ2n) is 6.94. The lowest BCUT2D eigenvalue weighted by molar-refractivity contribution is 0.0920. The van der Waals surface area contributed by atoms with Gasteiger partial charge < -0.3 is 14.4 Å². The first-order valence-corrected chi connectivity index (χ1v) is 9.58. The first kappa shape index (κ1) is 22.0. The van der Waals surface area contributed by atoms with Crippen molar-refractivity contribution in [2.45, 2.75) is 45.3 Å². The van der Waals surface area contributed by atoms with Crippen molar-refractivity contribution >= 4 is 23.4 Å². The van der Waals surface area contributed by atoms with Crippen molar-refractivity contribution in [3.8, 4) is 5.75 Å². The van der Waals surface area contributed by atoms with Crippen LogP contribution in [0.3, 0.4) is 0 Å². The van der Waals surface area contributed by atoms with Gasteiger partial charge in [0.1, 0.15) is 24.3 Å². The molecule has 3 rings (SSSR count). The average molecular weight is 401 g/mol. The number of halogens is 1. The van der Waals surface area contributed by atoms with Gasteiger partial charge in [-0.1, -0.05) is 50.3 Å². The van der Waals surface area contributed by atoms with E-state index in [-0.39, 0.29) is 19.0 Å². The molecule has 0 radical (unpaired) electrons. The van der Waals surface area contributed by atoms with E-state index in [1.54, 1.807) is 0 Å². The molecule has 0 bridgehead atoms. The Bertz CT molecular complexity index is 907. The number of hydrogen-bond donors (Lipinski definition) is 1. The fourth-order valence-corrected chi connectivity index (χ4v) is 3.26. The van der Waals surface area contributed by atoms with Crippen molar-refractivity contribution in [1.82, 2.24) is 9.55 Å². The maximum absolute atomic E-state index is 10.6. The highest BCUT2D eigenvalue weighted by Crippen LogP contribution is 2.25. The van der Waals surface area contributed by atoms with Crippen LogP contribution in [0.2, 0.25) is 0 Å². The summed E-state index contributed by atoms with van der Waals surface area (Å²) in [7, 11) is 0. The largest absolute Gasteiger partial charge is 0.491 e. The summed E-state index contributed by atoms with van der Waals surface area (Å²) in [5.41, 5.74) is 3.10. The van der Waals surface area contributed by atoms with Crippen LogP contribution >= 0.6 is 12.4 Å². The molecule has 2 unspecified atom stereocenters. The predicted molar refractivity (Wildman–Crippen MR) is 118 cm³/mol. The fraction of sp³-hybridized carbons (Fsp3) is 0.348. The Morgan fingerprint density at radius 1 is 1.18 bits per heavy atom. The third kappa shape index (κ3) is 4.94. The lowest BCUT2D eigenvalue weighted by Gasteiger charge is -2.18. The van der Waals surface area contributed by atoms with E-state index in [1.807, 2.05) is 48.5 Å². The zero-order valence-corrected chi connectivity index (χ0v) is 17.4. The highest BCUT2D eigenvalue weighted by atomic mass is 35.5. The van der Waals surface area contributed by atoms with Gasteiger partial charge in [-0.25, -0.2) is 4.98 Å². The van der Waals surface area contributed by atoms with Gasteiger partial charge in [-0.05, 0) is 36.6 Å². The average Bonchev–Trinajstić information content (AvgIpc) is 3.05. The summed E-state index contributed by atoms with van der Waals surface area (Å²) in [5, 5.41) is 10.6. The van der Waals surface area contributed by atoms with Crippen LogP contribution in [0, 0.1) is 0 Å². The summed E-state index contributed by atoms with van der Waals surface area (Å²) in [6, 6.07) is 16.0. The topological polar surface area (TPSA) is 47.3 Å². The Morgan fingerprint density at radius 2 is 1.89 bits per heavy atom. The second-order valence-corrected chi connectivity index (χ2v) is 6.94. The molecule has 28 heavy (non-hydrogen) atoms. The SMILES string of the molecule is C=CCc1ccccc1OCC(O)Cn1c(C(C)CC)nc2ccccc21.Cl. The molecule has 4 nitrogen and oxygen atoms in total. The second kappa shape index (κ2) is 10.3. The van der Waals surface area contributed by atoms with Crippen molar-refractivity contribution in [2.75, 3.05) is 6.61 Å². The summed E-state index contributed by atoms with van der Waals surface area (Å²) in [6.45, 7) is 8.82. The number of allylic oxidation sites excluding steroid dienone is 1. The molecule has 0 aliphatic rings. The van der Waals surface area contributed by atoms with E-state index in [9.17, 15) is 5.11 Å². The van der Waals surface area contributed by atoms with Gasteiger partial charge in [-0.2, -0.15) is 0 Å². The molecule has 1 N–H and O–H groups in total. The molecule has 2 aromatic carbocycles. The fourth-order valence-electron chi connectivity index (χ4n) is 3.26. The summed E-state index contributed by atoms with van der Waals surface area (Å²) in [6.07, 6.45) is 2.98. The van der Waals surface area contributed by atoms with Gasteiger partial charge in [-0.3, -0.25) is 0 Å². The Balaban J connectivity index is 0.00000280. The third-order valence-electron chi connectivity index (χ3n) is 4.90. The zero-order chi connectivity index (χ0) is 19.2. The predicted octanol–water partition coefficient (Wildman–Crippen LogP) is 5.14. The number of aromatic nitrogens is 2. The van der Waals surface area contributed by atoms with Crippen LogP contribution in [-0.4, -0.2) is 27.4 Å².